The van der Waals surface area contributed by atoms with Crippen molar-refractivity contribution >= 4 is 18.3 Å². The molecule has 0 radical (unpaired) electrons. The topological polar surface area (TPSA) is 96.2 Å². The molecule has 2 aromatic rings. The number of nitrogens with one attached hydrogen (secondary N) is 2. The second-order valence-corrected chi connectivity index (χ2v) is 6.60. The highest BCUT2D eigenvalue weighted by molar-refractivity contribution is 5.92. The maximum Gasteiger partial charge on any atom is 0.270 e. The third-order valence-corrected chi connectivity index (χ3v) is 4.38. The maximum atomic E-state index is 12.4. The molecule has 1 aliphatic rings. The van der Waals surface area contributed by atoms with Crippen molar-refractivity contribution < 1.29 is 9.32 Å². The van der Waals surface area contributed by atoms with E-state index in [4.69, 9.17) is 4.52 Å². The smallest absolute Gasteiger partial charge is 0.270 e. The first-order valence-electron chi connectivity index (χ1n) is 8.52. The summed E-state index contributed by atoms with van der Waals surface area (Å²) in [5.74, 6) is 0.911. The molecule has 1 fully saturated rings. The predicted molar refractivity (Wildman–Crippen MR) is 99.1 cm³/mol. The van der Waals surface area contributed by atoms with Crippen LogP contribution in [-0.2, 0) is 0 Å². The first-order chi connectivity index (χ1) is 12.1. The van der Waals surface area contributed by atoms with Crippen LogP contribution < -0.4 is 10.6 Å². The van der Waals surface area contributed by atoms with Crippen molar-refractivity contribution in [3.8, 4) is 0 Å². The van der Waals surface area contributed by atoms with Crippen molar-refractivity contribution in [1.82, 2.24) is 30.7 Å². The van der Waals surface area contributed by atoms with Gasteiger partial charge in [0.15, 0.2) is 5.82 Å². The minimum atomic E-state index is -0.363. The van der Waals surface area contributed by atoms with Gasteiger partial charge in [-0.15, -0.1) is 12.4 Å². The molecule has 0 bridgehead atoms. The summed E-state index contributed by atoms with van der Waals surface area (Å²) in [6.45, 7) is 6.66. The maximum absolute atomic E-state index is 12.4. The Morgan fingerprint density at radius 3 is 2.88 bits per heavy atom. The number of rotatable bonds is 5. The predicted octanol–water partition coefficient (Wildman–Crippen LogP) is 1.59. The zero-order chi connectivity index (χ0) is 17.8. The summed E-state index contributed by atoms with van der Waals surface area (Å²) >= 11 is 0. The summed E-state index contributed by atoms with van der Waals surface area (Å²) in [5.41, 5.74) is 0.365. The number of halogens is 1. The molecule has 1 saturated heterocycles. The molecular formula is C17H25ClN6O2. The Morgan fingerprint density at radius 2 is 2.23 bits per heavy atom. The standard InChI is InChI=1S/C17H24N6O2.ClH/c1-11(2)14(20-16(24)12-6-4-5-7-19-12)17-21-15(22-25-17)13-10-18-8-9-23(13)3;/h4-7,11,13-14,18H,8-10H2,1-3H3,(H,20,24);1H. The zero-order valence-corrected chi connectivity index (χ0v) is 16.0. The molecule has 2 unspecified atom stereocenters. The molecule has 142 valence electrons. The van der Waals surface area contributed by atoms with Gasteiger partial charge in [-0.25, -0.2) is 0 Å². The second kappa shape index (κ2) is 9.07. The zero-order valence-electron chi connectivity index (χ0n) is 15.2. The van der Waals surface area contributed by atoms with Gasteiger partial charge < -0.3 is 15.2 Å². The molecule has 1 aliphatic heterocycles. The lowest BCUT2D eigenvalue weighted by Gasteiger charge is -2.30. The van der Waals surface area contributed by atoms with Gasteiger partial charge in [-0.2, -0.15) is 4.98 Å². The molecule has 2 N–H and O–H groups in total. The molecule has 0 spiro atoms. The number of nitrogens with zero attached hydrogens (tertiary/aromatic N) is 4. The van der Waals surface area contributed by atoms with Crippen LogP contribution in [0.25, 0.3) is 0 Å². The van der Waals surface area contributed by atoms with Crippen molar-refractivity contribution in [3.05, 3.63) is 41.8 Å². The van der Waals surface area contributed by atoms with Gasteiger partial charge in [0.2, 0.25) is 5.89 Å². The number of hydrogen-bond donors (Lipinski definition) is 2. The van der Waals surface area contributed by atoms with E-state index in [0.717, 1.165) is 19.6 Å². The second-order valence-electron chi connectivity index (χ2n) is 6.60. The average Bonchev–Trinajstić information content (AvgIpc) is 3.09. The summed E-state index contributed by atoms with van der Waals surface area (Å²) < 4.78 is 5.48. The van der Waals surface area contributed by atoms with Gasteiger partial charge >= 0.3 is 0 Å². The minimum absolute atomic E-state index is 0. The third-order valence-electron chi connectivity index (χ3n) is 4.38. The van der Waals surface area contributed by atoms with Crippen molar-refractivity contribution in [2.24, 2.45) is 5.92 Å². The molecule has 2 atom stereocenters. The van der Waals surface area contributed by atoms with Crippen LogP contribution in [0.15, 0.2) is 28.9 Å². The summed E-state index contributed by atoms with van der Waals surface area (Å²) in [5, 5.41) is 10.4. The largest absolute Gasteiger partial charge is 0.339 e. The van der Waals surface area contributed by atoms with E-state index in [1.54, 1.807) is 24.4 Å². The fourth-order valence-electron chi connectivity index (χ4n) is 2.83. The highest BCUT2D eigenvalue weighted by Gasteiger charge is 2.29. The van der Waals surface area contributed by atoms with Crippen molar-refractivity contribution in [3.63, 3.8) is 0 Å². The SMILES string of the molecule is CC(C)C(NC(=O)c1ccccn1)c1nc(C2CNCCN2C)no1.Cl. The van der Waals surface area contributed by atoms with Gasteiger partial charge in [-0.3, -0.25) is 14.7 Å². The van der Waals surface area contributed by atoms with Crippen LogP contribution in [0.2, 0.25) is 0 Å². The number of piperazine rings is 1. The first kappa shape index (κ1) is 20.3. The Hall–Kier alpha value is -2.03. The quantitative estimate of drug-likeness (QED) is 0.813. The number of likely N-dealkylation sites (N-methyl/N-ethyl adjacent to an activating group) is 1. The number of carbonyl (C=O) groups is 1. The van der Waals surface area contributed by atoms with E-state index >= 15 is 0 Å². The Bertz CT molecular complexity index is 708. The van der Waals surface area contributed by atoms with E-state index in [2.05, 4.69) is 30.7 Å². The number of hydrogen-bond acceptors (Lipinski definition) is 7. The summed E-state index contributed by atoms with van der Waals surface area (Å²) in [6, 6.07) is 4.94. The van der Waals surface area contributed by atoms with E-state index in [9.17, 15) is 4.79 Å². The van der Waals surface area contributed by atoms with Crippen LogP contribution in [0, 0.1) is 5.92 Å². The first-order valence-corrected chi connectivity index (χ1v) is 8.52. The highest BCUT2D eigenvalue weighted by atomic mass is 35.5. The Labute approximate surface area is 159 Å². The van der Waals surface area contributed by atoms with E-state index < -0.39 is 0 Å². The molecule has 8 nitrogen and oxygen atoms in total. The highest BCUT2D eigenvalue weighted by Crippen LogP contribution is 2.24. The number of pyridine rings is 1. The van der Waals surface area contributed by atoms with Crippen LogP contribution in [0.3, 0.4) is 0 Å². The lowest BCUT2D eigenvalue weighted by Crippen LogP contribution is -2.44. The van der Waals surface area contributed by atoms with Crippen LogP contribution >= 0.6 is 12.4 Å². The van der Waals surface area contributed by atoms with Crippen molar-refractivity contribution in [2.75, 3.05) is 26.7 Å². The lowest BCUT2D eigenvalue weighted by atomic mass is 10.0. The van der Waals surface area contributed by atoms with Crippen LogP contribution in [0.1, 0.15) is 48.1 Å². The monoisotopic (exact) mass is 380 g/mol. The number of aromatic nitrogens is 3. The molecule has 3 heterocycles. The third kappa shape index (κ3) is 4.57. The molecule has 26 heavy (non-hydrogen) atoms. The van der Waals surface area contributed by atoms with Crippen molar-refractivity contribution in [1.29, 1.82) is 0 Å². The summed E-state index contributed by atoms with van der Waals surface area (Å²) in [4.78, 5) is 23.2. The number of carbonyl (C=O) groups excluding carboxylic acids is 1. The molecule has 2 aromatic heterocycles. The molecule has 1 amide bonds. The van der Waals surface area contributed by atoms with E-state index in [1.165, 1.54) is 0 Å². The Morgan fingerprint density at radius 1 is 1.42 bits per heavy atom. The molecular weight excluding hydrogens is 356 g/mol. The number of amides is 1. The molecule has 0 aromatic carbocycles. The van der Waals surface area contributed by atoms with Crippen LogP contribution in [-0.4, -0.2) is 52.6 Å². The molecule has 0 saturated carbocycles. The summed E-state index contributed by atoms with van der Waals surface area (Å²) in [7, 11) is 2.05. The average molecular weight is 381 g/mol. The van der Waals surface area contributed by atoms with E-state index in [0.29, 0.717) is 17.4 Å². The lowest BCUT2D eigenvalue weighted by molar-refractivity contribution is 0.0909. The van der Waals surface area contributed by atoms with Gasteiger partial charge in [0.25, 0.3) is 5.91 Å². The van der Waals surface area contributed by atoms with Gasteiger partial charge in [0, 0.05) is 25.8 Å². The normalized spacial score (nSPS) is 19.0. The van der Waals surface area contributed by atoms with Crippen LogP contribution in [0.5, 0.6) is 0 Å². The minimum Gasteiger partial charge on any atom is -0.339 e. The fourth-order valence-corrected chi connectivity index (χ4v) is 2.83. The molecule has 9 heteroatoms. The molecule has 3 rings (SSSR count). The van der Waals surface area contributed by atoms with E-state index in [-0.39, 0.29) is 36.3 Å². The molecule has 0 aliphatic carbocycles. The van der Waals surface area contributed by atoms with Gasteiger partial charge in [-0.05, 0) is 25.1 Å². The summed E-state index contributed by atoms with van der Waals surface area (Å²) in [6.07, 6.45) is 1.59. The van der Waals surface area contributed by atoms with E-state index in [1.807, 2.05) is 20.9 Å². The fraction of sp³-hybridized carbons (Fsp3) is 0.529. The van der Waals surface area contributed by atoms with Gasteiger partial charge in [0.1, 0.15) is 11.7 Å². The van der Waals surface area contributed by atoms with Crippen LogP contribution in [0.4, 0.5) is 0 Å². The Kier molecular flexibility index (Phi) is 7.07. The van der Waals surface area contributed by atoms with Gasteiger partial charge in [0.05, 0.1) is 6.04 Å². The van der Waals surface area contributed by atoms with Gasteiger partial charge in [-0.1, -0.05) is 25.1 Å². The van der Waals surface area contributed by atoms with Crippen molar-refractivity contribution in [2.45, 2.75) is 25.9 Å². The Balaban J connectivity index is 0.00000243.